The van der Waals surface area contributed by atoms with Crippen molar-refractivity contribution in [2.75, 3.05) is 0 Å². The summed E-state index contributed by atoms with van der Waals surface area (Å²) < 4.78 is 13.4. The van der Waals surface area contributed by atoms with Gasteiger partial charge in [-0.15, -0.1) is 11.3 Å². The highest BCUT2D eigenvalue weighted by Gasteiger charge is 2.19. The van der Waals surface area contributed by atoms with Crippen molar-refractivity contribution in [1.29, 1.82) is 0 Å². The first-order valence-corrected chi connectivity index (χ1v) is 7.09. The molecule has 0 amide bonds. The summed E-state index contributed by atoms with van der Waals surface area (Å²) in [6, 6.07) is 7.05. The highest BCUT2D eigenvalue weighted by molar-refractivity contribution is 7.12. The Labute approximate surface area is 110 Å². The van der Waals surface area contributed by atoms with Gasteiger partial charge in [0.15, 0.2) is 0 Å². The fourth-order valence-electron chi connectivity index (χ4n) is 2.61. The van der Waals surface area contributed by atoms with Gasteiger partial charge in [-0.2, -0.15) is 0 Å². The fraction of sp³-hybridized carbons (Fsp3) is 0.333. The highest BCUT2D eigenvalue weighted by Crippen LogP contribution is 2.35. The lowest BCUT2D eigenvalue weighted by Crippen LogP contribution is -2.10. The lowest BCUT2D eigenvalue weighted by atomic mass is 10.0. The summed E-state index contributed by atoms with van der Waals surface area (Å²) in [5, 5.41) is 0. The van der Waals surface area contributed by atoms with E-state index < -0.39 is 0 Å². The molecule has 0 saturated carbocycles. The van der Waals surface area contributed by atoms with Gasteiger partial charge in [0, 0.05) is 9.75 Å². The third kappa shape index (κ3) is 2.08. The number of hydrogen-bond donors (Lipinski definition) is 1. The number of thiophene rings is 1. The zero-order chi connectivity index (χ0) is 12.7. The monoisotopic (exact) mass is 261 g/mol. The summed E-state index contributed by atoms with van der Waals surface area (Å²) in [7, 11) is 0. The summed E-state index contributed by atoms with van der Waals surface area (Å²) in [5.74, 6) is -0.204. The first-order chi connectivity index (χ1) is 8.63. The number of hydrogen-bond acceptors (Lipinski definition) is 2. The van der Waals surface area contributed by atoms with Crippen molar-refractivity contribution in [3.63, 3.8) is 0 Å². The molecule has 18 heavy (non-hydrogen) atoms. The molecule has 1 unspecified atom stereocenters. The lowest BCUT2D eigenvalue weighted by molar-refractivity contribution is 0.622. The molecule has 1 aliphatic carbocycles. The second-order valence-corrected chi connectivity index (χ2v) is 6.16. The Hall–Kier alpha value is -1.19. The van der Waals surface area contributed by atoms with Crippen LogP contribution in [-0.2, 0) is 12.8 Å². The first-order valence-electron chi connectivity index (χ1n) is 6.27. The number of rotatable bonds is 2. The SMILES string of the molecule is Cc1cc(F)cc(C(N)c2cc3c(s2)CCC3)c1. The maximum Gasteiger partial charge on any atom is 0.123 e. The normalized spacial score (nSPS) is 15.7. The molecule has 1 aromatic carbocycles. The molecule has 0 saturated heterocycles. The number of benzene rings is 1. The number of fused-ring (bicyclic) bond motifs is 1. The Bertz CT molecular complexity index is 546. The molecular formula is C15H16FNS. The van der Waals surface area contributed by atoms with Crippen molar-refractivity contribution < 1.29 is 4.39 Å². The summed E-state index contributed by atoms with van der Waals surface area (Å²) in [4.78, 5) is 2.62. The minimum atomic E-state index is -0.204. The molecule has 0 fully saturated rings. The summed E-state index contributed by atoms with van der Waals surface area (Å²) in [5.41, 5.74) is 9.49. The molecule has 3 rings (SSSR count). The van der Waals surface area contributed by atoms with Crippen LogP contribution < -0.4 is 5.73 Å². The van der Waals surface area contributed by atoms with Gasteiger partial charge in [-0.3, -0.25) is 0 Å². The zero-order valence-corrected chi connectivity index (χ0v) is 11.2. The van der Waals surface area contributed by atoms with Crippen molar-refractivity contribution >= 4 is 11.3 Å². The van der Waals surface area contributed by atoms with Gasteiger partial charge in [0.2, 0.25) is 0 Å². The Kier molecular flexibility index (Phi) is 2.96. The van der Waals surface area contributed by atoms with Crippen LogP contribution >= 0.6 is 11.3 Å². The van der Waals surface area contributed by atoms with Crippen LogP contribution in [0.3, 0.4) is 0 Å². The van der Waals surface area contributed by atoms with Gasteiger partial charge in [-0.05, 0) is 61.1 Å². The highest BCUT2D eigenvalue weighted by atomic mass is 32.1. The van der Waals surface area contributed by atoms with Gasteiger partial charge in [-0.25, -0.2) is 4.39 Å². The summed E-state index contributed by atoms with van der Waals surface area (Å²) >= 11 is 1.79. The van der Waals surface area contributed by atoms with Crippen LogP contribution in [0.4, 0.5) is 4.39 Å². The molecule has 0 aliphatic heterocycles. The minimum Gasteiger partial charge on any atom is -0.320 e. The Morgan fingerprint density at radius 2 is 2.06 bits per heavy atom. The molecule has 94 valence electrons. The molecule has 0 bridgehead atoms. The van der Waals surface area contributed by atoms with Crippen molar-refractivity contribution in [2.45, 2.75) is 32.2 Å². The fourth-order valence-corrected chi connectivity index (χ4v) is 3.90. The zero-order valence-electron chi connectivity index (χ0n) is 10.4. The Morgan fingerprint density at radius 1 is 1.22 bits per heavy atom. The van der Waals surface area contributed by atoms with Gasteiger partial charge in [0.1, 0.15) is 5.82 Å². The van der Waals surface area contributed by atoms with E-state index in [4.69, 9.17) is 5.73 Å². The number of nitrogens with two attached hydrogens (primary N) is 1. The van der Waals surface area contributed by atoms with Crippen LogP contribution in [0.2, 0.25) is 0 Å². The van der Waals surface area contributed by atoms with E-state index in [1.165, 1.54) is 35.8 Å². The van der Waals surface area contributed by atoms with E-state index in [2.05, 4.69) is 6.07 Å². The van der Waals surface area contributed by atoms with Crippen LogP contribution in [0.5, 0.6) is 0 Å². The Morgan fingerprint density at radius 3 is 2.78 bits per heavy atom. The largest absolute Gasteiger partial charge is 0.320 e. The number of halogens is 1. The summed E-state index contributed by atoms with van der Waals surface area (Å²) in [6.45, 7) is 1.90. The lowest BCUT2D eigenvalue weighted by Gasteiger charge is -2.11. The second kappa shape index (κ2) is 4.48. The molecular weight excluding hydrogens is 245 g/mol. The van der Waals surface area contributed by atoms with Gasteiger partial charge in [-0.1, -0.05) is 6.07 Å². The molecule has 1 aromatic heterocycles. The third-order valence-electron chi connectivity index (χ3n) is 3.50. The van der Waals surface area contributed by atoms with Crippen LogP contribution in [-0.4, -0.2) is 0 Å². The molecule has 2 aromatic rings. The van der Waals surface area contributed by atoms with Crippen molar-refractivity contribution in [3.05, 3.63) is 56.5 Å². The van der Waals surface area contributed by atoms with Gasteiger partial charge < -0.3 is 5.73 Å². The Balaban J connectivity index is 1.95. The van der Waals surface area contributed by atoms with E-state index in [-0.39, 0.29) is 11.9 Å². The maximum absolute atomic E-state index is 13.4. The molecule has 1 aliphatic rings. The second-order valence-electron chi connectivity index (χ2n) is 4.99. The minimum absolute atomic E-state index is 0.199. The standard InChI is InChI=1S/C15H16FNS/c1-9-5-11(7-12(16)6-9)15(17)14-8-10-3-2-4-13(10)18-14/h5-8,15H,2-4,17H2,1H3. The summed E-state index contributed by atoms with van der Waals surface area (Å²) in [6.07, 6.45) is 3.60. The van der Waals surface area contributed by atoms with Crippen molar-refractivity contribution in [1.82, 2.24) is 0 Å². The quantitative estimate of drug-likeness (QED) is 0.875. The molecule has 0 radical (unpaired) electrons. The molecule has 1 heterocycles. The maximum atomic E-state index is 13.4. The van der Waals surface area contributed by atoms with Gasteiger partial charge in [0.25, 0.3) is 0 Å². The molecule has 3 heteroatoms. The average molecular weight is 261 g/mol. The van der Waals surface area contributed by atoms with E-state index in [9.17, 15) is 4.39 Å². The predicted octanol–water partition coefficient (Wildman–Crippen LogP) is 3.73. The molecule has 1 nitrogen and oxygen atoms in total. The van der Waals surface area contributed by atoms with E-state index in [1.807, 2.05) is 13.0 Å². The molecule has 2 N–H and O–H groups in total. The first kappa shape index (κ1) is 11.9. The van der Waals surface area contributed by atoms with Gasteiger partial charge in [0.05, 0.1) is 6.04 Å². The van der Waals surface area contributed by atoms with E-state index in [0.717, 1.165) is 16.0 Å². The molecule has 1 atom stereocenters. The predicted molar refractivity (Wildman–Crippen MR) is 73.5 cm³/mol. The van der Waals surface area contributed by atoms with Crippen LogP contribution in [0.1, 0.15) is 38.9 Å². The van der Waals surface area contributed by atoms with Gasteiger partial charge >= 0.3 is 0 Å². The average Bonchev–Trinajstić information content (AvgIpc) is 2.86. The number of aryl methyl sites for hydroxylation is 3. The topological polar surface area (TPSA) is 26.0 Å². The third-order valence-corrected chi connectivity index (χ3v) is 4.82. The van der Waals surface area contributed by atoms with E-state index in [0.29, 0.717) is 0 Å². The van der Waals surface area contributed by atoms with Crippen molar-refractivity contribution in [3.8, 4) is 0 Å². The smallest absolute Gasteiger partial charge is 0.123 e. The van der Waals surface area contributed by atoms with E-state index in [1.54, 1.807) is 17.4 Å². The van der Waals surface area contributed by atoms with Crippen molar-refractivity contribution in [2.24, 2.45) is 5.73 Å². The van der Waals surface area contributed by atoms with Crippen LogP contribution in [0, 0.1) is 12.7 Å². The van der Waals surface area contributed by atoms with E-state index >= 15 is 0 Å². The van der Waals surface area contributed by atoms with Crippen LogP contribution in [0.25, 0.3) is 0 Å². The molecule has 0 spiro atoms. The van der Waals surface area contributed by atoms with Crippen LogP contribution in [0.15, 0.2) is 24.3 Å².